The molecule has 0 saturated heterocycles. The summed E-state index contributed by atoms with van der Waals surface area (Å²) in [6, 6.07) is 17.8. The molecule has 3 N–H and O–H groups in total. The van der Waals surface area contributed by atoms with E-state index in [4.69, 9.17) is 10.6 Å². The van der Waals surface area contributed by atoms with E-state index in [9.17, 15) is 0 Å². The van der Waals surface area contributed by atoms with Gasteiger partial charge in [-0.3, -0.25) is 10.8 Å². The van der Waals surface area contributed by atoms with Crippen LogP contribution in [-0.2, 0) is 6.61 Å². The van der Waals surface area contributed by atoms with Crippen LogP contribution < -0.4 is 16.0 Å². The number of hydrogen-bond donors (Lipinski definition) is 2. The van der Waals surface area contributed by atoms with Crippen molar-refractivity contribution in [1.29, 1.82) is 0 Å². The lowest BCUT2D eigenvalue weighted by atomic mass is 10.1. The molecule has 0 radical (unpaired) electrons. The molecule has 0 aliphatic heterocycles. The fourth-order valence-corrected chi connectivity index (χ4v) is 2.29. The first-order chi connectivity index (χ1) is 10.3. The minimum Gasteiger partial charge on any atom is -0.489 e. The van der Waals surface area contributed by atoms with Gasteiger partial charge in [-0.25, -0.2) is 0 Å². The van der Waals surface area contributed by atoms with Crippen molar-refractivity contribution in [1.82, 2.24) is 4.98 Å². The summed E-state index contributed by atoms with van der Waals surface area (Å²) in [4.78, 5) is 4.49. The van der Waals surface area contributed by atoms with Gasteiger partial charge in [-0.2, -0.15) is 0 Å². The summed E-state index contributed by atoms with van der Waals surface area (Å²) in [5.74, 6) is 6.38. The van der Waals surface area contributed by atoms with E-state index in [1.807, 2.05) is 61.5 Å². The van der Waals surface area contributed by atoms with E-state index in [0.29, 0.717) is 6.61 Å². The van der Waals surface area contributed by atoms with Gasteiger partial charge in [0.15, 0.2) is 0 Å². The predicted octanol–water partition coefficient (Wildman–Crippen LogP) is 3.41. The zero-order valence-electron chi connectivity index (χ0n) is 11.8. The summed E-state index contributed by atoms with van der Waals surface area (Å²) in [5, 5.41) is 0.952. The third-order valence-corrected chi connectivity index (χ3v) is 3.31. The quantitative estimate of drug-likeness (QED) is 0.567. The number of rotatable bonds is 4. The summed E-state index contributed by atoms with van der Waals surface area (Å²) in [7, 11) is 0. The van der Waals surface area contributed by atoms with Gasteiger partial charge >= 0.3 is 0 Å². The topological polar surface area (TPSA) is 60.2 Å². The maximum Gasteiger partial charge on any atom is 0.120 e. The summed E-state index contributed by atoms with van der Waals surface area (Å²) in [5.41, 5.74) is 6.52. The molecular weight excluding hydrogens is 262 g/mol. The van der Waals surface area contributed by atoms with Crippen molar-refractivity contribution in [2.24, 2.45) is 5.84 Å². The maximum atomic E-state index is 5.83. The molecule has 4 heteroatoms. The molecule has 0 spiro atoms. The van der Waals surface area contributed by atoms with E-state index in [2.05, 4.69) is 10.4 Å². The van der Waals surface area contributed by atoms with Crippen molar-refractivity contribution in [2.45, 2.75) is 13.5 Å². The van der Waals surface area contributed by atoms with Crippen LogP contribution in [0, 0.1) is 6.92 Å². The number of nitrogen functional groups attached to an aromatic ring is 1. The Morgan fingerprint density at radius 3 is 2.67 bits per heavy atom. The van der Waals surface area contributed by atoms with E-state index in [-0.39, 0.29) is 0 Å². The largest absolute Gasteiger partial charge is 0.489 e. The normalized spacial score (nSPS) is 10.6. The highest BCUT2D eigenvalue weighted by Crippen LogP contribution is 2.27. The molecule has 4 nitrogen and oxygen atoms in total. The van der Waals surface area contributed by atoms with Crippen LogP contribution in [0.25, 0.3) is 10.9 Å². The lowest BCUT2D eigenvalue weighted by molar-refractivity contribution is 0.306. The Labute approximate surface area is 123 Å². The van der Waals surface area contributed by atoms with E-state index in [1.54, 1.807) is 0 Å². The predicted molar refractivity (Wildman–Crippen MR) is 85.1 cm³/mol. The van der Waals surface area contributed by atoms with E-state index in [1.165, 1.54) is 0 Å². The molecule has 2 aromatic carbocycles. The lowest BCUT2D eigenvalue weighted by Gasteiger charge is -2.10. The van der Waals surface area contributed by atoms with Crippen molar-refractivity contribution < 1.29 is 4.74 Å². The Morgan fingerprint density at radius 2 is 1.90 bits per heavy atom. The number of anilines is 1. The monoisotopic (exact) mass is 279 g/mol. The number of hydrogen-bond acceptors (Lipinski definition) is 4. The van der Waals surface area contributed by atoms with Crippen molar-refractivity contribution >= 4 is 16.6 Å². The van der Waals surface area contributed by atoms with Gasteiger partial charge in [0.2, 0.25) is 0 Å². The van der Waals surface area contributed by atoms with Crippen LogP contribution in [0.3, 0.4) is 0 Å². The number of hydrazine groups is 1. The highest BCUT2D eigenvalue weighted by molar-refractivity contribution is 5.92. The van der Waals surface area contributed by atoms with Crippen molar-refractivity contribution in [3.05, 3.63) is 65.9 Å². The average Bonchev–Trinajstić information content (AvgIpc) is 2.53. The minimum absolute atomic E-state index is 0.539. The Balaban J connectivity index is 1.88. The molecule has 106 valence electrons. The Morgan fingerprint density at radius 1 is 1.10 bits per heavy atom. The van der Waals surface area contributed by atoms with Crippen molar-refractivity contribution in [3.8, 4) is 5.75 Å². The highest BCUT2D eigenvalue weighted by atomic mass is 16.5. The molecule has 0 amide bonds. The van der Waals surface area contributed by atoms with Gasteiger partial charge < -0.3 is 10.2 Å². The summed E-state index contributed by atoms with van der Waals surface area (Å²) < 4.78 is 5.83. The van der Waals surface area contributed by atoms with Crippen LogP contribution in [0.4, 0.5) is 5.69 Å². The molecule has 1 heterocycles. The van der Waals surface area contributed by atoms with E-state index < -0.39 is 0 Å². The number of aromatic nitrogens is 1. The van der Waals surface area contributed by atoms with Crippen LogP contribution in [0.15, 0.2) is 54.6 Å². The van der Waals surface area contributed by atoms with Gasteiger partial charge in [0.1, 0.15) is 12.4 Å². The molecule has 3 aromatic rings. The molecule has 1 aromatic heterocycles. The van der Waals surface area contributed by atoms with Crippen LogP contribution in [-0.4, -0.2) is 4.98 Å². The molecule has 0 aliphatic carbocycles. The molecule has 0 bridgehead atoms. The molecule has 21 heavy (non-hydrogen) atoms. The lowest BCUT2D eigenvalue weighted by Crippen LogP contribution is -2.08. The second-order valence-corrected chi connectivity index (χ2v) is 4.91. The SMILES string of the molecule is Cc1cc(NN)c2cc(OCc3ccccc3)ccc2n1. The number of nitrogens with one attached hydrogen (secondary N) is 1. The van der Waals surface area contributed by atoms with E-state index in [0.717, 1.165) is 33.6 Å². The zero-order chi connectivity index (χ0) is 14.7. The van der Waals surface area contributed by atoms with Crippen LogP contribution >= 0.6 is 0 Å². The van der Waals surface area contributed by atoms with Gasteiger partial charge in [0.05, 0.1) is 11.2 Å². The zero-order valence-corrected chi connectivity index (χ0v) is 11.8. The Kier molecular flexibility index (Phi) is 3.71. The molecule has 0 unspecified atom stereocenters. The highest BCUT2D eigenvalue weighted by Gasteiger charge is 2.05. The third kappa shape index (κ3) is 2.95. The fourth-order valence-electron chi connectivity index (χ4n) is 2.29. The van der Waals surface area contributed by atoms with Gasteiger partial charge in [-0.1, -0.05) is 30.3 Å². The Hall–Kier alpha value is -2.59. The van der Waals surface area contributed by atoms with Gasteiger partial charge in [0, 0.05) is 11.1 Å². The van der Waals surface area contributed by atoms with Gasteiger partial charge in [-0.15, -0.1) is 0 Å². The second-order valence-electron chi connectivity index (χ2n) is 4.91. The first-order valence-electron chi connectivity index (χ1n) is 6.81. The number of fused-ring (bicyclic) bond motifs is 1. The number of pyridine rings is 1. The van der Waals surface area contributed by atoms with Crippen LogP contribution in [0.5, 0.6) is 5.75 Å². The number of aryl methyl sites for hydroxylation is 1. The van der Waals surface area contributed by atoms with Crippen molar-refractivity contribution in [2.75, 3.05) is 5.43 Å². The average molecular weight is 279 g/mol. The molecule has 0 fully saturated rings. The van der Waals surface area contributed by atoms with Crippen LogP contribution in [0.2, 0.25) is 0 Å². The molecule has 0 atom stereocenters. The third-order valence-electron chi connectivity index (χ3n) is 3.31. The first kappa shape index (κ1) is 13.4. The maximum absolute atomic E-state index is 5.83. The molecule has 0 saturated carbocycles. The van der Waals surface area contributed by atoms with Crippen molar-refractivity contribution in [3.63, 3.8) is 0 Å². The smallest absolute Gasteiger partial charge is 0.120 e. The first-order valence-corrected chi connectivity index (χ1v) is 6.81. The molecular formula is C17H17N3O. The fraction of sp³-hybridized carbons (Fsp3) is 0.118. The standard InChI is InChI=1S/C17H17N3O/c1-12-9-17(20-18)15-10-14(7-8-16(15)19-12)21-11-13-5-3-2-4-6-13/h2-10H,11,18H2,1H3,(H,19,20). The number of ether oxygens (including phenoxy) is 1. The minimum atomic E-state index is 0.539. The van der Waals surface area contributed by atoms with Gasteiger partial charge in [-0.05, 0) is 36.8 Å². The summed E-state index contributed by atoms with van der Waals surface area (Å²) in [6.07, 6.45) is 0. The molecule has 0 aliphatic rings. The van der Waals surface area contributed by atoms with Crippen LogP contribution in [0.1, 0.15) is 11.3 Å². The van der Waals surface area contributed by atoms with Gasteiger partial charge in [0.25, 0.3) is 0 Å². The summed E-state index contributed by atoms with van der Waals surface area (Å²) >= 11 is 0. The molecule has 3 rings (SSSR count). The van der Waals surface area contributed by atoms with E-state index >= 15 is 0 Å². The number of benzene rings is 2. The Bertz CT molecular complexity index is 757. The number of nitrogens with zero attached hydrogens (tertiary/aromatic N) is 1. The number of nitrogens with two attached hydrogens (primary N) is 1. The summed E-state index contributed by atoms with van der Waals surface area (Å²) in [6.45, 7) is 2.48. The second kappa shape index (κ2) is 5.81.